The van der Waals surface area contributed by atoms with Crippen LogP contribution < -0.4 is 4.90 Å². The highest BCUT2D eigenvalue weighted by Gasteiger charge is 2.46. The molecule has 25 heavy (non-hydrogen) atoms. The van der Waals surface area contributed by atoms with Crippen molar-refractivity contribution < 1.29 is 4.79 Å². The zero-order chi connectivity index (χ0) is 16.8. The van der Waals surface area contributed by atoms with Crippen molar-refractivity contribution in [3.63, 3.8) is 0 Å². The molecule has 1 heterocycles. The summed E-state index contributed by atoms with van der Waals surface area (Å²) in [5.74, 6) is 0.246. The maximum atomic E-state index is 13.0. The van der Waals surface area contributed by atoms with Crippen LogP contribution in [0.25, 0.3) is 11.1 Å². The molecule has 2 heteroatoms. The van der Waals surface area contributed by atoms with E-state index in [0.717, 1.165) is 16.9 Å². The lowest BCUT2D eigenvalue weighted by molar-refractivity contribution is -0.119. The summed E-state index contributed by atoms with van der Waals surface area (Å²) >= 11 is 0. The van der Waals surface area contributed by atoms with E-state index >= 15 is 0 Å². The molecule has 1 fully saturated rings. The first kappa shape index (κ1) is 14.2. The molecule has 0 aromatic heterocycles. The van der Waals surface area contributed by atoms with Crippen LogP contribution >= 0.6 is 0 Å². The summed E-state index contributed by atoms with van der Waals surface area (Å²) in [4.78, 5) is 14.9. The first-order valence-corrected chi connectivity index (χ1v) is 8.59. The van der Waals surface area contributed by atoms with Crippen LogP contribution in [0.2, 0.25) is 0 Å². The van der Waals surface area contributed by atoms with Gasteiger partial charge in [0.05, 0.1) is 5.92 Å². The van der Waals surface area contributed by atoms with Crippen LogP contribution in [-0.4, -0.2) is 5.91 Å². The van der Waals surface area contributed by atoms with Gasteiger partial charge in [-0.2, -0.15) is 0 Å². The largest absolute Gasteiger partial charge is 0.284 e. The molecule has 0 N–H and O–H groups in total. The normalized spacial score (nSPS) is 23.4. The Bertz CT molecular complexity index is 961. The fourth-order valence-electron chi connectivity index (χ4n) is 4.01. The number of nitrogens with zero attached hydrogens (tertiary/aromatic N) is 1. The molecule has 2 atom stereocenters. The Kier molecular flexibility index (Phi) is 3.10. The highest BCUT2D eigenvalue weighted by molar-refractivity contribution is 6.04. The summed E-state index contributed by atoms with van der Waals surface area (Å²) in [6.07, 6.45) is 12.4. The molecule has 0 spiro atoms. The van der Waals surface area contributed by atoms with Gasteiger partial charge < -0.3 is 0 Å². The van der Waals surface area contributed by atoms with E-state index in [1.807, 2.05) is 53.5 Å². The van der Waals surface area contributed by atoms with Crippen molar-refractivity contribution in [1.29, 1.82) is 0 Å². The van der Waals surface area contributed by atoms with Gasteiger partial charge in [-0.05, 0) is 34.9 Å². The summed E-state index contributed by atoms with van der Waals surface area (Å²) in [6.45, 7) is 0. The van der Waals surface area contributed by atoms with Gasteiger partial charge in [0.1, 0.15) is 0 Å². The topological polar surface area (TPSA) is 20.3 Å². The van der Waals surface area contributed by atoms with Gasteiger partial charge in [0.2, 0.25) is 5.91 Å². The molecule has 0 bridgehead atoms. The average molecular weight is 323 g/mol. The van der Waals surface area contributed by atoms with E-state index in [9.17, 15) is 4.79 Å². The van der Waals surface area contributed by atoms with Gasteiger partial charge in [0.15, 0.2) is 0 Å². The third-order valence-electron chi connectivity index (χ3n) is 5.20. The van der Waals surface area contributed by atoms with Crippen molar-refractivity contribution in [3.8, 4) is 11.1 Å². The molecule has 2 unspecified atom stereocenters. The second kappa shape index (κ2) is 5.45. The lowest BCUT2D eigenvalue weighted by Gasteiger charge is -2.24. The van der Waals surface area contributed by atoms with E-state index in [2.05, 4.69) is 42.5 Å². The smallest absolute Gasteiger partial charge is 0.239 e. The Balaban J connectivity index is 1.54. The predicted octanol–water partition coefficient (Wildman–Crippen LogP) is 4.88. The number of amides is 1. The van der Waals surface area contributed by atoms with Crippen molar-refractivity contribution in [1.82, 2.24) is 0 Å². The van der Waals surface area contributed by atoms with Crippen LogP contribution in [0.4, 0.5) is 5.69 Å². The zero-order valence-electron chi connectivity index (χ0n) is 13.7. The molecule has 1 aliphatic heterocycles. The molecule has 1 saturated heterocycles. The number of carbonyl (C=O) groups excluding carboxylic acids is 1. The quantitative estimate of drug-likeness (QED) is 0.771. The van der Waals surface area contributed by atoms with Gasteiger partial charge in [0, 0.05) is 17.3 Å². The first-order valence-electron chi connectivity index (χ1n) is 8.59. The average Bonchev–Trinajstić information content (AvgIpc) is 2.97. The number of anilines is 1. The number of benzene rings is 2. The van der Waals surface area contributed by atoms with Gasteiger partial charge >= 0.3 is 0 Å². The van der Waals surface area contributed by atoms with E-state index in [4.69, 9.17) is 0 Å². The van der Waals surface area contributed by atoms with E-state index in [0.29, 0.717) is 0 Å². The maximum Gasteiger partial charge on any atom is 0.239 e. The Labute approximate surface area is 147 Å². The maximum absolute atomic E-state index is 13.0. The van der Waals surface area contributed by atoms with Crippen LogP contribution in [-0.2, 0) is 4.79 Å². The zero-order valence-corrected chi connectivity index (χ0v) is 13.7. The van der Waals surface area contributed by atoms with Crippen molar-refractivity contribution >= 4 is 11.6 Å². The molecular weight excluding hydrogens is 306 g/mol. The van der Waals surface area contributed by atoms with Crippen molar-refractivity contribution in [3.05, 3.63) is 102 Å². The molecule has 120 valence electrons. The van der Waals surface area contributed by atoms with Crippen molar-refractivity contribution in [2.24, 2.45) is 11.8 Å². The lowest BCUT2D eigenvalue weighted by Crippen LogP contribution is -2.25. The highest BCUT2D eigenvalue weighted by atomic mass is 16.2. The lowest BCUT2D eigenvalue weighted by atomic mass is 9.80. The Hall–Kier alpha value is -3.13. The van der Waals surface area contributed by atoms with Crippen molar-refractivity contribution in [2.45, 2.75) is 0 Å². The van der Waals surface area contributed by atoms with E-state index in [1.54, 1.807) is 0 Å². The Morgan fingerprint density at radius 2 is 1.56 bits per heavy atom. The van der Waals surface area contributed by atoms with Crippen LogP contribution in [0.3, 0.4) is 0 Å². The van der Waals surface area contributed by atoms with Crippen LogP contribution in [0.15, 0.2) is 102 Å². The van der Waals surface area contributed by atoms with Crippen LogP contribution in [0, 0.1) is 11.8 Å². The minimum absolute atomic E-state index is 0.0787. The summed E-state index contributed by atoms with van der Waals surface area (Å²) in [5, 5.41) is 0. The predicted molar refractivity (Wildman–Crippen MR) is 101 cm³/mol. The third-order valence-corrected chi connectivity index (χ3v) is 5.20. The van der Waals surface area contributed by atoms with Crippen LogP contribution in [0.5, 0.6) is 0 Å². The standard InChI is InChI=1S/C23H17NO/c25-23-20-10-4-8-18-9-5-11-21(22(18)20)24(23)19-14-12-17(13-15-19)16-6-2-1-3-7-16/h1-15,20,22H. The Morgan fingerprint density at radius 3 is 2.36 bits per heavy atom. The summed E-state index contributed by atoms with van der Waals surface area (Å²) in [5.41, 5.74) is 5.59. The minimum Gasteiger partial charge on any atom is -0.284 e. The summed E-state index contributed by atoms with van der Waals surface area (Å²) in [7, 11) is 0. The molecular formula is C23H17NO. The summed E-state index contributed by atoms with van der Waals surface area (Å²) in [6, 6.07) is 18.6. The molecule has 2 aromatic carbocycles. The number of rotatable bonds is 2. The van der Waals surface area contributed by atoms with E-state index in [1.165, 1.54) is 11.1 Å². The van der Waals surface area contributed by atoms with E-state index < -0.39 is 0 Å². The minimum atomic E-state index is -0.0787. The monoisotopic (exact) mass is 323 g/mol. The third kappa shape index (κ3) is 2.14. The Morgan fingerprint density at radius 1 is 0.800 bits per heavy atom. The number of allylic oxidation sites excluding steroid dienone is 6. The molecule has 0 radical (unpaired) electrons. The van der Waals surface area contributed by atoms with Crippen LogP contribution in [0.1, 0.15) is 0 Å². The molecule has 1 amide bonds. The van der Waals surface area contributed by atoms with Gasteiger partial charge in [-0.3, -0.25) is 9.69 Å². The highest BCUT2D eigenvalue weighted by Crippen LogP contribution is 2.46. The molecule has 2 aromatic rings. The first-order chi connectivity index (χ1) is 12.3. The number of hydrogen-bond acceptors (Lipinski definition) is 1. The van der Waals surface area contributed by atoms with Gasteiger partial charge in [-0.15, -0.1) is 0 Å². The number of carbonyl (C=O) groups is 1. The van der Waals surface area contributed by atoms with Crippen molar-refractivity contribution in [2.75, 3.05) is 4.90 Å². The second-order valence-corrected chi connectivity index (χ2v) is 6.59. The number of hydrogen-bond donors (Lipinski definition) is 0. The van der Waals surface area contributed by atoms with Gasteiger partial charge in [-0.25, -0.2) is 0 Å². The molecule has 0 saturated carbocycles. The molecule has 2 aliphatic carbocycles. The second-order valence-electron chi connectivity index (χ2n) is 6.59. The summed E-state index contributed by atoms with van der Waals surface area (Å²) < 4.78 is 0. The molecule has 3 aliphatic rings. The molecule has 5 rings (SSSR count). The van der Waals surface area contributed by atoms with E-state index in [-0.39, 0.29) is 17.7 Å². The van der Waals surface area contributed by atoms with Gasteiger partial charge in [-0.1, -0.05) is 72.8 Å². The van der Waals surface area contributed by atoms with Gasteiger partial charge in [0.25, 0.3) is 0 Å². The fraction of sp³-hybridized carbons (Fsp3) is 0.0870. The molecule has 2 nitrogen and oxygen atoms in total. The SMILES string of the molecule is O=C1C2C=CC=C3C=CC=C(C32)N1c1ccc(-c2ccccc2)cc1. The fourth-order valence-corrected chi connectivity index (χ4v) is 4.01.